The molecule has 2 heterocycles. The summed E-state index contributed by atoms with van der Waals surface area (Å²) in [4.78, 5) is 43.0. The SMILES string of the molecule is COc1cc(C#N)c(N)nc1-c1ccc2c(c1)CN([C@@H](CCC(=O)OC(C)(C)C)C(N)=O)C2=O. The van der Waals surface area contributed by atoms with Crippen LogP contribution in [0.5, 0.6) is 5.75 Å². The lowest BCUT2D eigenvalue weighted by molar-refractivity contribution is -0.155. The average Bonchev–Trinajstić information content (AvgIpc) is 3.07. The molecular formula is C24H27N5O5. The number of aromatic nitrogens is 1. The van der Waals surface area contributed by atoms with Gasteiger partial charge in [0.05, 0.1) is 12.7 Å². The number of pyridine rings is 1. The van der Waals surface area contributed by atoms with E-state index in [4.69, 9.17) is 20.9 Å². The molecule has 1 atom stereocenters. The van der Waals surface area contributed by atoms with Crippen molar-refractivity contribution in [2.45, 2.75) is 51.8 Å². The van der Waals surface area contributed by atoms with Crippen LogP contribution in [0.25, 0.3) is 11.3 Å². The van der Waals surface area contributed by atoms with E-state index in [-0.39, 0.29) is 36.7 Å². The third-order valence-electron chi connectivity index (χ3n) is 5.31. The number of hydrogen-bond acceptors (Lipinski definition) is 8. The highest BCUT2D eigenvalue weighted by atomic mass is 16.6. The number of nitrogens with zero attached hydrogens (tertiary/aromatic N) is 3. The highest BCUT2D eigenvalue weighted by Crippen LogP contribution is 2.35. The number of esters is 1. The van der Waals surface area contributed by atoms with Crippen molar-refractivity contribution in [3.63, 3.8) is 0 Å². The molecule has 10 nitrogen and oxygen atoms in total. The van der Waals surface area contributed by atoms with Crippen molar-refractivity contribution >= 4 is 23.6 Å². The van der Waals surface area contributed by atoms with Crippen LogP contribution in [0.1, 0.15) is 55.1 Å². The molecule has 0 radical (unpaired) electrons. The van der Waals surface area contributed by atoms with Crippen molar-refractivity contribution in [2.75, 3.05) is 12.8 Å². The molecule has 1 aliphatic heterocycles. The van der Waals surface area contributed by atoms with Gasteiger partial charge in [-0.25, -0.2) is 4.98 Å². The standard InChI is InChI=1S/C24H27N5O5/c1-24(2,3)34-19(30)8-7-17(22(27)31)29-12-15-9-13(5-6-16(15)23(29)32)20-18(33-4)10-14(11-25)21(26)28-20/h5-6,9-10,17H,7-8,12H2,1-4H3,(H2,26,28)(H2,27,31)/t17-/m0/s1. The number of ether oxygens (including phenoxy) is 2. The molecular weight excluding hydrogens is 438 g/mol. The highest BCUT2D eigenvalue weighted by Gasteiger charge is 2.36. The van der Waals surface area contributed by atoms with Gasteiger partial charge in [-0.1, -0.05) is 6.07 Å². The third kappa shape index (κ3) is 5.09. The Morgan fingerprint density at radius 2 is 2.00 bits per heavy atom. The van der Waals surface area contributed by atoms with Crippen LogP contribution >= 0.6 is 0 Å². The van der Waals surface area contributed by atoms with Gasteiger partial charge in [-0.05, 0) is 44.9 Å². The molecule has 4 N–H and O–H groups in total. The van der Waals surface area contributed by atoms with E-state index in [9.17, 15) is 19.6 Å². The van der Waals surface area contributed by atoms with Gasteiger partial charge in [0.25, 0.3) is 5.91 Å². The number of carbonyl (C=O) groups is 3. The Labute approximate surface area is 197 Å². The van der Waals surface area contributed by atoms with Crippen molar-refractivity contribution in [3.8, 4) is 23.1 Å². The maximum absolute atomic E-state index is 13.0. The van der Waals surface area contributed by atoms with Crippen molar-refractivity contribution in [2.24, 2.45) is 5.73 Å². The zero-order valence-corrected chi connectivity index (χ0v) is 19.5. The first kappa shape index (κ1) is 24.5. The first-order chi connectivity index (χ1) is 15.9. The van der Waals surface area contributed by atoms with Crippen molar-refractivity contribution in [1.29, 1.82) is 5.26 Å². The second-order valence-electron chi connectivity index (χ2n) is 8.93. The van der Waals surface area contributed by atoms with Crippen molar-refractivity contribution < 1.29 is 23.9 Å². The third-order valence-corrected chi connectivity index (χ3v) is 5.31. The number of nitriles is 1. The molecule has 1 aromatic heterocycles. The van der Waals surface area contributed by atoms with E-state index in [1.807, 2.05) is 6.07 Å². The largest absolute Gasteiger partial charge is 0.494 e. The lowest BCUT2D eigenvalue weighted by Crippen LogP contribution is -2.45. The smallest absolute Gasteiger partial charge is 0.306 e. The van der Waals surface area contributed by atoms with Crippen molar-refractivity contribution in [1.82, 2.24) is 9.88 Å². The van der Waals surface area contributed by atoms with Gasteiger partial charge < -0.3 is 25.8 Å². The topological polar surface area (TPSA) is 162 Å². The predicted octanol–water partition coefficient (Wildman–Crippen LogP) is 2.14. The predicted molar refractivity (Wildman–Crippen MR) is 123 cm³/mol. The molecule has 178 valence electrons. The fraction of sp³-hybridized carbons (Fsp3) is 0.375. The van der Waals surface area contributed by atoms with Crippen LogP contribution in [0.4, 0.5) is 5.82 Å². The van der Waals surface area contributed by atoms with Gasteiger partial charge in [0.15, 0.2) is 0 Å². The number of hydrogen-bond donors (Lipinski definition) is 2. The fourth-order valence-electron chi connectivity index (χ4n) is 3.80. The van der Waals surface area contributed by atoms with E-state index < -0.39 is 23.5 Å². The maximum Gasteiger partial charge on any atom is 0.306 e. The number of benzene rings is 1. The summed E-state index contributed by atoms with van der Waals surface area (Å²) in [6.45, 7) is 5.39. The zero-order chi connectivity index (χ0) is 25.2. The first-order valence-corrected chi connectivity index (χ1v) is 10.6. The number of carbonyl (C=O) groups excluding carboxylic acids is 3. The summed E-state index contributed by atoms with van der Waals surface area (Å²) >= 11 is 0. The molecule has 0 aliphatic carbocycles. The molecule has 0 bridgehead atoms. The van der Waals surface area contributed by atoms with E-state index in [1.165, 1.54) is 18.1 Å². The molecule has 3 rings (SSSR count). The summed E-state index contributed by atoms with van der Waals surface area (Å²) in [5.74, 6) is -1.10. The normalized spacial score (nSPS) is 13.7. The molecule has 0 spiro atoms. The Bertz CT molecular complexity index is 1200. The lowest BCUT2D eigenvalue weighted by atomic mass is 10.0. The summed E-state index contributed by atoms with van der Waals surface area (Å²) in [7, 11) is 1.46. The Kier molecular flexibility index (Phi) is 6.77. The van der Waals surface area contributed by atoms with Gasteiger partial charge in [0.1, 0.15) is 35.0 Å². The summed E-state index contributed by atoms with van der Waals surface area (Å²) in [6.07, 6.45) is 0.000253. The van der Waals surface area contributed by atoms with E-state index in [0.717, 1.165) is 0 Å². The van der Waals surface area contributed by atoms with E-state index in [1.54, 1.807) is 39.0 Å². The summed E-state index contributed by atoms with van der Waals surface area (Å²) in [5.41, 5.74) is 13.1. The van der Waals surface area contributed by atoms with Crippen LogP contribution in [0.3, 0.4) is 0 Å². The number of methoxy groups -OCH3 is 1. The van der Waals surface area contributed by atoms with Crippen LogP contribution in [-0.2, 0) is 20.9 Å². The molecule has 1 aromatic carbocycles. The van der Waals surface area contributed by atoms with E-state index in [2.05, 4.69) is 4.98 Å². The second-order valence-corrected chi connectivity index (χ2v) is 8.93. The number of rotatable bonds is 7. The summed E-state index contributed by atoms with van der Waals surface area (Å²) < 4.78 is 10.7. The number of nitrogens with two attached hydrogens (primary N) is 2. The Balaban J connectivity index is 1.86. The Morgan fingerprint density at radius 3 is 2.59 bits per heavy atom. The number of nitrogen functional groups attached to an aromatic ring is 1. The quantitative estimate of drug-likeness (QED) is 0.588. The lowest BCUT2D eigenvalue weighted by Gasteiger charge is -2.25. The van der Waals surface area contributed by atoms with Crippen LogP contribution < -0.4 is 16.2 Å². The molecule has 0 unspecified atom stereocenters. The van der Waals surface area contributed by atoms with E-state index in [0.29, 0.717) is 28.1 Å². The average molecular weight is 466 g/mol. The molecule has 1 aliphatic rings. The molecule has 10 heteroatoms. The Hall–Kier alpha value is -4.13. The Morgan fingerprint density at radius 1 is 1.29 bits per heavy atom. The minimum atomic E-state index is -0.964. The van der Waals surface area contributed by atoms with Gasteiger partial charge in [-0.2, -0.15) is 5.26 Å². The van der Waals surface area contributed by atoms with E-state index >= 15 is 0 Å². The van der Waals surface area contributed by atoms with Gasteiger partial charge in [-0.3, -0.25) is 14.4 Å². The van der Waals surface area contributed by atoms with Gasteiger partial charge in [0.2, 0.25) is 5.91 Å². The zero-order valence-electron chi connectivity index (χ0n) is 19.5. The summed E-state index contributed by atoms with van der Waals surface area (Å²) in [6, 6.07) is 7.58. The molecule has 2 amide bonds. The molecule has 0 saturated heterocycles. The molecule has 2 aromatic rings. The number of anilines is 1. The summed E-state index contributed by atoms with van der Waals surface area (Å²) in [5, 5.41) is 9.18. The van der Waals surface area contributed by atoms with Gasteiger partial charge in [-0.15, -0.1) is 0 Å². The van der Waals surface area contributed by atoms with Crippen LogP contribution in [0.15, 0.2) is 24.3 Å². The maximum atomic E-state index is 13.0. The van der Waals surface area contributed by atoms with Gasteiger partial charge in [0, 0.05) is 30.2 Å². The number of amides is 2. The number of fused-ring (bicyclic) bond motifs is 1. The monoisotopic (exact) mass is 465 g/mol. The van der Waals surface area contributed by atoms with Crippen LogP contribution in [0, 0.1) is 11.3 Å². The first-order valence-electron chi connectivity index (χ1n) is 10.6. The highest BCUT2D eigenvalue weighted by molar-refractivity contribution is 6.01. The molecule has 0 saturated carbocycles. The minimum Gasteiger partial charge on any atom is -0.494 e. The minimum absolute atomic E-state index is 0.0537. The molecule has 0 fully saturated rings. The second kappa shape index (κ2) is 9.39. The van der Waals surface area contributed by atoms with Gasteiger partial charge >= 0.3 is 5.97 Å². The van der Waals surface area contributed by atoms with Crippen LogP contribution in [0.2, 0.25) is 0 Å². The molecule has 34 heavy (non-hydrogen) atoms. The van der Waals surface area contributed by atoms with Crippen LogP contribution in [-0.4, -0.2) is 46.4 Å². The number of primary amides is 1. The fourth-order valence-corrected chi connectivity index (χ4v) is 3.80. The van der Waals surface area contributed by atoms with Crippen molar-refractivity contribution in [3.05, 3.63) is 41.0 Å².